The van der Waals surface area contributed by atoms with E-state index in [2.05, 4.69) is 20.9 Å². The number of carbonyl (C=O) groups is 1. The predicted octanol–water partition coefficient (Wildman–Crippen LogP) is 3.39. The number of anilines is 1. The molecule has 0 spiro atoms. The van der Waals surface area contributed by atoms with Crippen molar-refractivity contribution in [1.29, 1.82) is 0 Å². The number of hydrogen-bond donors (Lipinski definition) is 2. The molecule has 1 aliphatic rings. The smallest absolute Gasteiger partial charge is 0.240 e. The summed E-state index contributed by atoms with van der Waals surface area (Å²) in [5, 5.41) is 11.5. The molecule has 30 heavy (non-hydrogen) atoms. The van der Waals surface area contributed by atoms with Crippen LogP contribution in [0.25, 0.3) is 0 Å². The van der Waals surface area contributed by atoms with E-state index < -0.39 is 5.25 Å². The minimum absolute atomic E-state index is 0.121. The number of thioether (sulfide) groups is 1. The van der Waals surface area contributed by atoms with Crippen LogP contribution in [0.4, 0.5) is 5.69 Å². The quantitative estimate of drug-likeness (QED) is 0.626. The van der Waals surface area contributed by atoms with E-state index >= 15 is 0 Å². The van der Waals surface area contributed by atoms with E-state index in [1.54, 1.807) is 7.11 Å². The monoisotopic (exact) mass is 425 g/mol. The van der Waals surface area contributed by atoms with Gasteiger partial charge in [0.1, 0.15) is 22.6 Å². The Balaban J connectivity index is 1.59. The molecular weight excluding hydrogens is 402 g/mol. The first-order valence-electron chi connectivity index (χ1n) is 9.62. The highest BCUT2D eigenvalue weighted by Crippen LogP contribution is 2.38. The third-order valence-electron chi connectivity index (χ3n) is 4.76. The lowest BCUT2D eigenvalue weighted by Crippen LogP contribution is -2.41. The molecule has 156 valence electrons. The lowest BCUT2D eigenvalue weighted by atomic mass is 10.0. The number of aromatic nitrogens is 3. The van der Waals surface area contributed by atoms with Gasteiger partial charge in [-0.2, -0.15) is 0 Å². The summed E-state index contributed by atoms with van der Waals surface area (Å²) in [7, 11) is 1.63. The molecule has 2 unspecified atom stereocenters. The summed E-state index contributed by atoms with van der Waals surface area (Å²) in [6.45, 7) is 4.40. The molecule has 2 heterocycles. The second-order valence-electron chi connectivity index (χ2n) is 6.73. The normalized spacial score (nSPS) is 17.6. The molecule has 3 aromatic rings. The van der Waals surface area contributed by atoms with E-state index in [4.69, 9.17) is 9.47 Å². The zero-order valence-electron chi connectivity index (χ0n) is 17.0. The number of rotatable bonds is 6. The summed E-state index contributed by atoms with van der Waals surface area (Å²) in [4.78, 5) is 13.2. The largest absolute Gasteiger partial charge is 0.497 e. The van der Waals surface area contributed by atoms with Crippen LogP contribution in [0.15, 0.2) is 53.7 Å². The molecule has 0 aliphatic carbocycles. The standard InChI is InChI=1S/C21H23N5O3S/c1-4-29-17-11-7-15(8-12-17)22-20(27)19-18(14-5-9-16(28-3)10-6-14)25-26-13(2)23-24-21(26)30-19/h5-12,18-19,25H,4H2,1-3H3,(H,22,27). The van der Waals surface area contributed by atoms with Crippen LogP contribution in [0.3, 0.4) is 0 Å². The molecule has 9 heteroatoms. The topological polar surface area (TPSA) is 90.3 Å². The molecule has 0 fully saturated rings. The van der Waals surface area contributed by atoms with Crippen molar-refractivity contribution in [3.8, 4) is 11.5 Å². The van der Waals surface area contributed by atoms with Crippen molar-refractivity contribution in [2.45, 2.75) is 30.3 Å². The Morgan fingerprint density at radius 3 is 2.50 bits per heavy atom. The van der Waals surface area contributed by atoms with Crippen LogP contribution < -0.4 is 20.2 Å². The summed E-state index contributed by atoms with van der Waals surface area (Å²) < 4.78 is 12.5. The summed E-state index contributed by atoms with van der Waals surface area (Å²) >= 11 is 1.39. The highest BCUT2D eigenvalue weighted by molar-refractivity contribution is 8.00. The van der Waals surface area contributed by atoms with Gasteiger partial charge >= 0.3 is 0 Å². The molecule has 2 N–H and O–H groups in total. The van der Waals surface area contributed by atoms with Crippen molar-refractivity contribution in [2.24, 2.45) is 0 Å². The Bertz CT molecular complexity index is 1020. The van der Waals surface area contributed by atoms with Gasteiger partial charge < -0.3 is 20.2 Å². The Hall–Kier alpha value is -3.20. The number of amides is 1. The molecular formula is C21H23N5O3S. The number of methoxy groups -OCH3 is 1. The summed E-state index contributed by atoms with van der Waals surface area (Å²) in [5.41, 5.74) is 5.07. The fourth-order valence-corrected chi connectivity index (χ4v) is 4.36. The van der Waals surface area contributed by atoms with E-state index in [0.717, 1.165) is 22.9 Å². The molecule has 4 rings (SSSR count). The Morgan fingerprint density at radius 2 is 1.83 bits per heavy atom. The summed E-state index contributed by atoms with van der Waals surface area (Å²) in [6.07, 6.45) is 0. The number of carbonyl (C=O) groups excluding carboxylic acids is 1. The number of benzene rings is 2. The third kappa shape index (κ3) is 4.06. The maximum Gasteiger partial charge on any atom is 0.240 e. The molecule has 1 aromatic heterocycles. The van der Waals surface area contributed by atoms with Crippen LogP contribution in [0.2, 0.25) is 0 Å². The average Bonchev–Trinajstić information content (AvgIpc) is 3.14. The third-order valence-corrected chi connectivity index (χ3v) is 5.98. The number of hydrogen-bond acceptors (Lipinski definition) is 7. The van der Waals surface area contributed by atoms with Crippen molar-refractivity contribution < 1.29 is 14.3 Å². The first-order valence-corrected chi connectivity index (χ1v) is 10.5. The molecule has 0 saturated carbocycles. The maximum atomic E-state index is 13.2. The van der Waals surface area contributed by atoms with Gasteiger partial charge in [-0.3, -0.25) is 4.79 Å². The van der Waals surface area contributed by atoms with E-state index in [-0.39, 0.29) is 11.9 Å². The highest BCUT2D eigenvalue weighted by atomic mass is 32.2. The number of ether oxygens (including phenoxy) is 2. The molecule has 0 bridgehead atoms. The minimum atomic E-state index is -0.443. The van der Waals surface area contributed by atoms with E-state index in [1.165, 1.54) is 11.8 Å². The van der Waals surface area contributed by atoms with Crippen molar-refractivity contribution in [3.63, 3.8) is 0 Å². The van der Waals surface area contributed by atoms with Crippen LogP contribution in [-0.2, 0) is 4.79 Å². The van der Waals surface area contributed by atoms with Crippen LogP contribution in [0.1, 0.15) is 24.4 Å². The first-order chi connectivity index (χ1) is 14.6. The molecule has 2 aromatic carbocycles. The van der Waals surface area contributed by atoms with Gasteiger partial charge in [0.2, 0.25) is 11.1 Å². The minimum Gasteiger partial charge on any atom is -0.497 e. The van der Waals surface area contributed by atoms with Gasteiger partial charge in [-0.05, 0) is 55.8 Å². The Kier molecular flexibility index (Phi) is 5.80. The Morgan fingerprint density at radius 1 is 1.13 bits per heavy atom. The van der Waals surface area contributed by atoms with E-state index in [0.29, 0.717) is 17.5 Å². The van der Waals surface area contributed by atoms with Gasteiger partial charge in [-0.1, -0.05) is 23.9 Å². The molecule has 2 atom stereocenters. The van der Waals surface area contributed by atoms with Gasteiger partial charge in [0, 0.05) is 5.69 Å². The van der Waals surface area contributed by atoms with Crippen molar-refractivity contribution in [3.05, 3.63) is 59.9 Å². The second-order valence-corrected chi connectivity index (χ2v) is 7.84. The van der Waals surface area contributed by atoms with Crippen LogP contribution in [0, 0.1) is 6.92 Å². The fourth-order valence-electron chi connectivity index (χ4n) is 3.24. The van der Waals surface area contributed by atoms with Gasteiger partial charge in [-0.25, -0.2) is 4.68 Å². The van der Waals surface area contributed by atoms with Crippen LogP contribution in [0.5, 0.6) is 11.5 Å². The summed E-state index contributed by atoms with van der Waals surface area (Å²) in [5.74, 6) is 2.15. The fraction of sp³-hybridized carbons (Fsp3) is 0.286. The van der Waals surface area contributed by atoms with Crippen molar-refractivity contribution >= 4 is 23.4 Å². The van der Waals surface area contributed by atoms with Gasteiger partial charge in [0.05, 0.1) is 19.8 Å². The molecule has 1 amide bonds. The summed E-state index contributed by atoms with van der Waals surface area (Å²) in [6, 6.07) is 14.8. The van der Waals surface area contributed by atoms with E-state index in [1.807, 2.05) is 67.1 Å². The number of fused-ring (bicyclic) bond motifs is 1. The van der Waals surface area contributed by atoms with E-state index in [9.17, 15) is 4.79 Å². The molecule has 1 aliphatic heterocycles. The maximum absolute atomic E-state index is 13.2. The van der Waals surface area contributed by atoms with Crippen molar-refractivity contribution in [2.75, 3.05) is 24.5 Å². The molecule has 0 radical (unpaired) electrons. The second kappa shape index (κ2) is 8.66. The SMILES string of the molecule is CCOc1ccc(NC(=O)C2Sc3nnc(C)n3NC2c2ccc(OC)cc2)cc1. The van der Waals surface area contributed by atoms with Crippen LogP contribution in [-0.4, -0.2) is 39.7 Å². The van der Waals surface area contributed by atoms with Crippen LogP contribution >= 0.6 is 11.8 Å². The number of aryl methyl sites for hydroxylation is 1. The average molecular weight is 426 g/mol. The molecule has 8 nitrogen and oxygen atoms in total. The van der Waals surface area contributed by atoms with Crippen molar-refractivity contribution in [1.82, 2.24) is 14.9 Å². The zero-order chi connectivity index (χ0) is 21.1. The number of nitrogens with one attached hydrogen (secondary N) is 2. The van der Waals surface area contributed by atoms with Gasteiger partial charge in [-0.15, -0.1) is 10.2 Å². The lowest BCUT2D eigenvalue weighted by molar-refractivity contribution is -0.116. The zero-order valence-corrected chi connectivity index (χ0v) is 17.8. The highest BCUT2D eigenvalue weighted by Gasteiger charge is 2.37. The lowest BCUT2D eigenvalue weighted by Gasteiger charge is -2.32. The first kappa shape index (κ1) is 20.1. The van der Waals surface area contributed by atoms with Gasteiger partial charge in [0.15, 0.2) is 0 Å². The Labute approximate surface area is 179 Å². The van der Waals surface area contributed by atoms with Gasteiger partial charge in [0.25, 0.3) is 0 Å². The number of nitrogens with zero attached hydrogens (tertiary/aromatic N) is 3. The molecule has 0 saturated heterocycles. The predicted molar refractivity (Wildman–Crippen MR) is 116 cm³/mol.